The van der Waals surface area contributed by atoms with E-state index < -0.39 is 0 Å². The van der Waals surface area contributed by atoms with Crippen molar-refractivity contribution in [3.8, 4) is 0 Å². The molecule has 0 aliphatic heterocycles. The van der Waals surface area contributed by atoms with Gasteiger partial charge in [0.1, 0.15) is 0 Å². The minimum absolute atomic E-state index is 0.221. The van der Waals surface area contributed by atoms with Gasteiger partial charge in [0, 0.05) is 6.61 Å². The molecule has 0 aromatic heterocycles. The van der Waals surface area contributed by atoms with Gasteiger partial charge in [-0.3, -0.25) is 0 Å². The average Bonchev–Trinajstić information content (AvgIpc) is 2.72. The van der Waals surface area contributed by atoms with Crippen molar-refractivity contribution in [3.63, 3.8) is 0 Å². The van der Waals surface area contributed by atoms with Crippen LogP contribution in [0.15, 0.2) is 0 Å². The molecule has 0 bridgehead atoms. The molecular formula is C12H22O. The van der Waals surface area contributed by atoms with Crippen LogP contribution in [0.1, 0.15) is 47.0 Å². The highest BCUT2D eigenvalue weighted by atomic mass is 16.5. The van der Waals surface area contributed by atoms with E-state index in [9.17, 15) is 0 Å². The molecule has 2 saturated carbocycles. The molecule has 2 rings (SSSR count). The lowest BCUT2D eigenvalue weighted by Crippen LogP contribution is -2.29. The summed E-state index contributed by atoms with van der Waals surface area (Å²) >= 11 is 0. The topological polar surface area (TPSA) is 9.23 Å². The Labute approximate surface area is 81.9 Å². The largest absolute Gasteiger partial charge is 0.375 e. The SMILES string of the molecule is CCO[C@@]1(C)CC[C@]2(C(C)C)C[C@@H]21. The molecule has 2 aliphatic carbocycles. The summed E-state index contributed by atoms with van der Waals surface area (Å²) in [5.41, 5.74) is 0.892. The molecule has 0 N–H and O–H groups in total. The molecule has 1 nitrogen and oxygen atoms in total. The van der Waals surface area contributed by atoms with Crippen LogP contribution in [0.4, 0.5) is 0 Å². The smallest absolute Gasteiger partial charge is 0.0688 e. The van der Waals surface area contributed by atoms with Gasteiger partial charge >= 0.3 is 0 Å². The van der Waals surface area contributed by atoms with Crippen molar-refractivity contribution < 1.29 is 4.74 Å². The van der Waals surface area contributed by atoms with E-state index in [1.807, 2.05) is 0 Å². The molecule has 0 heterocycles. The summed E-state index contributed by atoms with van der Waals surface area (Å²) in [4.78, 5) is 0. The predicted octanol–water partition coefficient (Wildman–Crippen LogP) is 3.24. The van der Waals surface area contributed by atoms with E-state index in [2.05, 4.69) is 27.7 Å². The quantitative estimate of drug-likeness (QED) is 0.651. The number of hydrogen-bond acceptors (Lipinski definition) is 1. The summed E-state index contributed by atoms with van der Waals surface area (Å²) in [7, 11) is 0. The van der Waals surface area contributed by atoms with Gasteiger partial charge in [-0.1, -0.05) is 13.8 Å². The number of ether oxygens (including phenoxy) is 1. The van der Waals surface area contributed by atoms with E-state index >= 15 is 0 Å². The summed E-state index contributed by atoms with van der Waals surface area (Å²) in [6, 6.07) is 0. The molecule has 0 aromatic rings. The number of rotatable bonds is 3. The standard InChI is InChI=1S/C12H22O/c1-5-13-11(4)6-7-12(9(2)3)8-10(11)12/h9-10H,5-8H2,1-4H3/t10-,11+,12-/m1/s1. The summed E-state index contributed by atoms with van der Waals surface area (Å²) in [5.74, 6) is 1.71. The normalized spacial score (nSPS) is 48.2. The van der Waals surface area contributed by atoms with Gasteiger partial charge in [-0.05, 0) is 50.4 Å². The van der Waals surface area contributed by atoms with Crippen LogP contribution in [0.2, 0.25) is 0 Å². The van der Waals surface area contributed by atoms with Gasteiger partial charge in [-0.15, -0.1) is 0 Å². The summed E-state index contributed by atoms with van der Waals surface area (Å²) < 4.78 is 5.92. The van der Waals surface area contributed by atoms with Gasteiger partial charge in [0.05, 0.1) is 5.60 Å². The Bertz CT molecular complexity index is 211. The molecule has 76 valence electrons. The lowest BCUT2D eigenvalue weighted by atomic mass is 9.90. The van der Waals surface area contributed by atoms with Gasteiger partial charge in [0.2, 0.25) is 0 Å². The van der Waals surface area contributed by atoms with E-state index in [0.717, 1.165) is 18.4 Å². The number of fused-ring (bicyclic) bond motifs is 1. The molecule has 0 aromatic carbocycles. The first-order valence-electron chi connectivity index (χ1n) is 5.69. The minimum atomic E-state index is 0.221. The van der Waals surface area contributed by atoms with Crippen molar-refractivity contribution in [1.82, 2.24) is 0 Å². The van der Waals surface area contributed by atoms with Crippen LogP contribution in [0, 0.1) is 17.3 Å². The monoisotopic (exact) mass is 182 g/mol. The summed E-state index contributed by atoms with van der Waals surface area (Å²) in [6.07, 6.45) is 4.09. The van der Waals surface area contributed by atoms with E-state index in [0.29, 0.717) is 5.41 Å². The highest BCUT2D eigenvalue weighted by Gasteiger charge is 2.67. The molecule has 0 amide bonds. The fourth-order valence-corrected chi connectivity index (χ4v) is 3.51. The fourth-order valence-electron chi connectivity index (χ4n) is 3.51. The Morgan fingerprint density at radius 2 is 2.08 bits per heavy atom. The molecular weight excluding hydrogens is 160 g/mol. The maximum absolute atomic E-state index is 5.92. The molecule has 3 atom stereocenters. The molecule has 0 spiro atoms. The van der Waals surface area contributed by atoms with Crippen molar-refractivity contribution in [2.24, 2.45) is 17.3 Å². The Kier molecular flexibility index (Phi) is 1.99. The molecule has 13 heavy (non-hydrogen) atoms. The first-order valence-corrected chi connectivity index (χ1v) is 5.69. The van der Waals surface area contributed by atoms with Crippen molar-refractivity contribution >= 4 is 0 Å². The fraction of sp³-hybridized carbons (Fsp3) is 1.00. The second-order valence-corrected chi connectivity index (χ2v) is 5.39. The highest BCUT2D eigenvalue weighted by molar-refractivity contribution is 5.17. The molecule has 0 saturated heterocycles. The third kappa shape index (κ3) is 1.16. The summed E-state index contributed by atoms with van der Waals surface area (Å²) in [5, 5.41) is 0. The average molecular weight is 182 g/mol. The Morgan fingerprint density at radius 3 is 2.46 bits per heavy atom. The zero-order valence-corrected chi connectivity index (χ0v) is 9.39. The van der Waals surface area contributed by atoms with Crippen LogP contribution >= 0.6 is 0 Å². The van der Waals surface area contributed by atoms with Crippen LogP contribution < -0.4 is 0 Å². The van der Waals surface area contributed by atoms with Crippen LogP contribution in [0.25, 0.3) is 0 Å². The Morgan fingerprint density at radius 1 is 1.38 bits per heavy atom. The lowest BCUT2D eigenvalue weighted by molar-refractivity contribution is -0.0374. The molecule has 1 heteroatoms. The van der Waals surface area contributed by atoms with Crippen molar-refractivity contribution in [2.45, 2.75) is 52.6 Å². The van der Waals surface area contributed by atoms with Crippen LogP contribution in [-0.2, 0) is 4.74 Å². The number of hydrogen-bond donors (Lipinski definition) is 0. The second-order valence-electron chi connectivity index (χ2n) is 5.39. The molecule has 0 unspecified atom stereocenters. The zero-order valence-electron chi connectivity index (χ0n) is 9.39. The van der Waals surface area contributed by atoms with E-state index in [4.69, 9.17) is 4.74 Å². The Hall–Kier alpha value is -0.0400. The van der Waals surface area contributed by atoms with Crippen LogP contribution in [0.5, 0.6) is 0 Å². The van der Waals surface area contributed by atoms with Crippen LogP contribution in [-0.4, -0.2) is 12.2 Å². The Balaban J connectivity index is 2.08. The van der Waals surface area contributed by atoms with Crippen molar-refractivity contribution in [3.05, 3.63) is 0 Å². The lowest BCUT2D eigenvalue weighted by Gasteiger charge is -2.25. The van der Waals surface area contributed by atoms with E-state index in [1.165, 1.54) is 19.3 Å². The third-order valence-corrected chi connectivity index (χ3v) is 4.57. The molecule has 2 aliphatic rings. The first kappa shape index (κ1) is 9.51. The van der Waals surface area contributed by atoms with Gasteiger partial charge < -0.3 is 4.74 Å². The van der Waals surface area contributed by atoms with Crippen molar-refractivity contribution in [1.29, 1.82) is 0 Å². The van der Waals surface area contributed by atoms with E-state index in [-0.39, 0.29) is 5.60 Å². The first-order chi connectivity index (χ1) is 6.05. The second kappa shape index (κ2) is 2.73. The maximum Gasteiger partial charge on any atom is 0.0688 e. The van der Waals surface area contributed by atoms with E-state index in [1.54, 1.807) is 0 Å². The third-order valence-electron chi connectivity index (χ3n) is 4.57. The summed E-state index contributed by atoms with van der Waals surface area (Å²) in [6.45, 7) is 10.1. The van der Waals surface area contributed by atoms with Gasteiger partial charge in [0.25, 0.3) is 0 Å². The predicted molar refractivity (Wildman–Crippen MR) is 54.6 cm³/mol. The van der Waals surface area contributed by atoms with Crippen molar-refractivity contribution in [2.75, 3.05) is 6.61 Å². The zero-order chi connectivity index (χ0) is 9.69. The molecule has 2 fully saturated rings. The minimum Gasteiger partial charge on any atom is -0.375 e. The van der Waals surface area contributed by atoms with Crippen LogP contribution in [0.3, 0.4) is 0 Å². The molecule has 0 radical (unpaired) electrons. The van der Waals surface area contributed by atoms with Gasteiger partial charge in [-0.2, -0.15) is 0 Å². The van der Waals surface area contributed by atoms with Gasteiger partial charge in [0.15, 0.2) is 0 Å². The highest BCUT2D eigenvalue weighted by Crippen LogP contribution is 2.71. The van der Waals surface area contributed by atoms with Gasteiger partial charge in [-0.25, -0.2) is 0 Å². The maximum atomic E-state index is 5.92.